The largest absolute Gasteiger partial charge is 0.359 e. The fourth-order valence-electron chi connectivity index (χ4n) is 4.63. The van der Waals surface area contributed by atoms with Gasteiger partial charge in [-0.1, -0.05) is 54.6 Å². The summed E-state index contributed by atoms with van der Waals surface area (Å²) in [5, 5.41) is 2.94. The van der Waals surface area contributed by atoms with E-state index in [0.29, 0.717) is 0 Å². The molecule has 0 saturated carbocycles. The van der Waals surface area contributed by atoms with Crippen LogP contribution in [0.2, 0.25) is 0 Å². The van der Waals surface area contributed by atoms with Crippen molar-refractivity contribution in [3.63, 3.8) is 0 Å². The van der Waals surface area contributed by atoms with E-state index in [1.165, 1.54) is 16.7 Å². The molecule has 154 valence electrons. The summed E-state index contributed by atoms with van der Waals surface area (Å²) < 4.78 is 0. The zero-order valence-corrected chi connectivity index (χ0v) is 17.6. The van der Waals surface area contributed by atoms with Crippen molar-refractivity contribution >= 4 is 5.91 Å². The summed E-state index contributed by atoms with van der Waals surface area (Å²) in [7, 11) is 1.76. The van der Waals surface area contributed by atoms with E-state index in [9.17, 15) is 4.79 Å². The molecular formula is C26H29N3O. The first-order valence-electron chi connectivity index (χ1n) is 10.7. The molecule has 2 aromatic carbocycles. The standard InChI is InChI=1S/C26H29N3O/c1-27-25(30)26(14-5-17-29(20-26)19-22-6-3-2-4-7-22)18-21-8-10-23(11-9-21)24-12-15-28-16-13-24/h2-4,6-13,15-16H,5,14,17-20H2,1H3,(H,27,30)/t26-/m0/s1. The molecule has 3 aromatic rings. The molecule has 0 aliphatic carbocycles. The first-order chi connectivity index (χ1) is 14.7. The van der Waals surface area contributed by atoms with Crippen LogP contribution in [0.5, 0.6) is 0 Å². The van der Waals surface area contributed by atoms with Crippen molar-refractivity contribution in [3.8, 4) is 11.1 Å². The summed E-state index contributed by atoms with van der Waals surface area (Å²) in [6, 6.07) is 23.2. The third kappa shape index (κ3) is 4.60. The van der Waals surface area contributed by atoms with E-state index in [1.807, 2.05) is 30.6 Å². The van der Waals surface area contributed by atoms with Crippen molar-refractivity contribution in [3.05, 3.63) is 90.3 Å². The molecule has 4 rings (SSSR count). The van der Waals surface area contributed by atoms with E-state index in [0.717, 1.165) is 44.5 Å². The minimum Gasteiger partial charge on any atom is -0.359 e. The van der Waals surface area contributed by atoms with Gasteiger partial charge >= 0.3 is 0 Å². The minimum atomic E-state index is -0.389. The highest BCUT2D eigenvalue weighted by Crippen LogP contribution is 2.35. The third-order valence-electron chi connectivity index (χ3n) is 6.12. The van der Waals surface area contributed by atoms with Gasteiger partial charge in [-0.2, -0.15) is 0 Å². The van der Waals surface area contributed by atoms with Crippen LogP contribution in [-0.4, -0.2) is 35.9 Å². The van der Waals surface area contributed by atoms with Crippen LogP contribution in [0.15, 0.2) is 79.1 Å². The van der Waals surface area contributed by atoms with Crippen molar-refractivity contribution in [2.45, 2.75) is 25.8 Å². The molecular weight excluding hydrogens is 370 g/mol. The molecule has 1 amide bonds. The molecule has 2 heterocycles. The number of nitrogens with zero attached hydrogens (tertiary/aromatic N) is 2. The zero-order valence-electron chi connectivity index (χ0n) is 17.6. The second kappa shape index (κ2) is 9.23. The van der Waals surface area contributed by atoms with Crippen molar-refractivity contribution in [2.75, 3.05) is 20.1 Å². The van der Waals surface area contributed by atoms with Gasteiger partial charge in [0.1, 0.15) is 0 Å². The summed E-state index contributed by atoms with van der Waals surface area (Å²) >= 11 is 0. The van der Waals surface area contributed by atoms with Gasteiger partial charge < -0.3 is 5.32 Å². The van der Waals surface area contributed by atoms with E-state index < -0.39 is 0 Å². The van der Waals surface area contributed by atoms with Crippen molar-refractivity contribution < 1.29 is 4.79 Å². The van der Waals surface area contributed by atoms with Crippen LogP contribution in [0.1, 0.15) is 24.0 Å². The van der Waals surface area contributed by atoms with E-state index >= 15 is 0 Å². The van der Waals surface area contributed by atoms with Gasteiger partial charge in [0.15, 0.2) is 0 Å². The zero-order chi connectivity index (χ0) is 20.8. The van der Waals surface area contributed by atoms with Crippen LogP contribution in [0.25, 0.3) is 11.1 Å². The number of benzene rings is 2. The normalized spacial score (nSPS) is 19.4. The maximum absolute atomic E-state index is 13.0. The lowest BCUT2D eigenvalue weighted by Crippen LogP contribution is -2.52. The molecule has 1 aliphatic heterocycles. The lowest BCUT2D eigenvalue weighted by molar-refractivity contribution is -0.134. The fourth-order valence-corrected chi connectivity index (χ4v) is 4.63. The predicted octanol–water partition coefficient (Wildman–Crippen LogP) is 4.32. The number of hydrogen-bond acceptors (Lipinski definition) is 3. The predicted molar refractivity (Wildman–Crippen MR) is 121 cm³/mol. The van der Waals surface area contributed by atoms with Crippen LogP contribution in [0.3, 0.4) is 0 Å². The fraction of sp³-hybridized carbons (Fsp3) is 0.308. The average Bonchev–Trinajstić information content (AvgIpc) is 2.80. The molecule has 0 radical (unpaired) electrons. The Morgan fingerprint density at radius 3 is 2.37 bits per heavy atom. The number of nitrogens with one attached hydrogen (secondary N) is 1. The molecule has 1 aliphatic rings. The number of piperidine rings is 1. The van der Waals surface area contributed by atoms with E-state index in [-0.39, 0.29) is 11.3 Å². The number of likely N-dealkylation sites (tertiary alicyclic amines) is 1. The van der Waals surface area contributed by atoms with Gasteiger partial charge in [0.25, 0.3) is 0 Å². The quantitative estimate of drug-likeness (QED) is 0.671. The monoisotopic (exact) mass is 399 g/mol. The Hall–Kier alpha value is -2.98. The van der Waals surface area contributed by atoms with Gasteiger partial charge in [-0.05, 0) is 60.2 Å². The van der Waals surface area contributed by atoms with Crippen LogP contribution in [0.4, 0.5) is 0 Å². The molecule has 1 saturated heterocycles. The van der Waals surface area contributed by atoms with Gasteiger partial charge in [-0.15, -0.1) is 0 Å². The topological polar surface area (TPSA) is 45.2 Å². The molecule has 30 heavy (non-hydrogen) atoms. The summed E-state index contributed by atoms with van der Waals surface area (Å²) in [6.45, 7) is 2.71. The van der Waals surface area contributed by atoms with E-state index in [2.05, 4.69) is 63.7 Å². The second-order valence-electron chi connectivity index (χ2n) is 8.27. The Labute approximate surface area is 179 Å². The highest BCUT2D eigenvalue weighted by Gasteiger charge is 2.41. The first kappa shape index (κ1) is 20.3. The number of pyridine rings is 1. The number of aromatic nitrogens is 1. The van der Waals surface area contributed by atoms with Crippen molar-refractivity contribution in [1.82, 2.24) is 15.2 Å². The maximum atomic E-state index is 13.0. The van der Waals surface area contributed by atoms with Gasteiger partial charge in [-0.25, -0.2) is 0 Å². The van der Waals surface area contributed by atoms with Crippen molar-refractivity contribution in [1.29, 1.82) is 0 Å². The van der Waals surface area contributed by atoms with Crippen LogP contribution < -0.4 is 5.32 Å². The smallest absolute Gasteiger partial charge is 0.227 e. The highest BCUT2D eigenvalue weighted by atomic mass is 16.2. The Balaban J connectivity index is 1.52. The van der Waals surface area contributed by atoms with Gasteiger partial charge in [0.2, 0.25) is 5.91 Å². The Morgan fingerprint density at radius 1 is 0.967 bits per heavy atom. The number of amides is 1. The van der Waals surface area contributed by atoms with Crippen LogP contribution >= 0.6 is 0 Å². The Morgan fingerprint density at radius 2 is 1.67 bits per heavy atom. The second-order valence-corrected chi connectivity index (χ2v) is 8.27. The van der Waals surface area contributed by atoms with E-state index in [1.54, 1.807) is 7.05 Å². The molecule has 0 unspecified atom stereocenters. The van der Waals surface area contributed by atoms with Crippen LogP contribution in [-0.2, 0) is 17.8 Å². The van der Waals surface area contributed by atoms with E-state index in [4.69, 9.17) is 0 Å². The van der Waals surface area contributed by atoms with Crippen LogP contribution in [0, 0.1) is 5.41 Å². The molecule has 1 N–H and O–H groups in total. The molecule has 0 bridgehead atoms. The molecule has 1 atom stereocenters. The number of hydrogen-bond donors (Lipinski definition) is 1. The number of rotatable bonds is 6. The van der Waals surface area contributed by atoms with Gasteiger partial charge in [0, 0.05) is 32.5 Å². The lowest BCUT2D eigenvalue weighted by Gasteiger charge is -2.41. The molecule has 4 nitrogen and oxygen atoms in total. The molecule has 1 fully saturated rings. The molecule has 4 heteroatoms. The third-order valence-corrected chi connectivity index (χ3v) is 6.12. The first-order valence-corrected chi connectivity index (χ1v) is 10.7. The minimum absolute atomic E-state index is 0.151. The van der Waals surface area contributed by atoms with Crippen molar-refractivity contribution in [2.24, 2.45) is 5.41 Å². The summed E-state index contributed by atoms with van der Waals surface area (Å²) in [5.74, 6) is 0.151. The summed E-state index contributed by atoms with van der Waals surface area (Å²) in [6.07, 6.45) is 6.34. The van der Waals surface area contributed by atoms with Gasteiger partial charge in [-0.3, -0.25) is 14.7 Å². The Bertz CT molecular complexity index is 957. The highest BCUT2D eigenvalue weighted by molar-refractivity contribution is 5.83. The lowest BCUT2D eigenvalue weighted by atomic mass is 9.74. The summed E-state index contributed by atoms with van der Waals surface area (Å²) in [5.41, 5.74) is 4.44. The number of carbonyl (C=O) groups excluding carboxylic acids is 1. The summed E-state index contributed by atoms with van der Waals surface area (Å²) in [4.78, 5) is 19.6. The molecule has 0 spiro atoms. The van der Waals surface area contributed by atoms with Gasteiger partial charge in [0.05, 0.1) is 5.41 Å². The molecule has 1 aromatic heterocycles. The SMILES string of the molecule is CNC(=O)[C@]1(Cc2ccc(-c3ccncc3)cc2)CCCN(Cc2ccccc2)C1. The average molecular weight is 400 g/mol. The maximum Gasteiger partial charge on any atom is 0.227 e. The Kier molecular flexibility index (Phi) is 6.24. The number of carbonyl (C=O) groups is 1.